The Morgan fingerprint density at radius 3 is 2.46 bits per heavy atom. The molecule has 0 radical (unpaired) electrons. The lowest BCUT2D eigenvalue weighted by Gasteiger charge is -2.25. The van der Waals surface area contributed by atoms with Gasteiger partial charge in [0.15, 0.2) is 5.78 Å². The van der Waals surface area contributed by atoms with Gasteiger partial charge in [-0.2, -0.15) is 0 Å². The minimum Gasteiger partial charge on any atom is -0.506 e. The van der Waals surface area contributed by atoms with E-state index in [4.69, 9.17) is 11.6 Å². The predicted molar refractivity (Wildman–Crippen MR) is 101 cm³/mol. The summed E-state index contributed by atoms with van der Waals surface area (Å²) in [5.74, 6) is -0.112. The molecular weight excluding hydrogens is 342 g/mol. The van der Waals surface area contributed by atoms with Crippen molar-refractivity contribution >= 4 is 39.9 Å². The number of ketones is 1. The summed E-state index contributed by atoms with van der Waals surface area (Å²) in [6.07, 6.45) is 0.317. The highest BCUT2D eigenvalue weighted by Crippen LogP contribution is 2.42. The first-order valence-electron chi connectivity index (χ1n) is 7.51. The Labute approximate surface area is 150 Å². The first kappa shape index (κ1) is 16.8. The highest BCUT2D eigenvalue weighted by Gasteiger charge is 2.33. The van der Waals surface area contributed by atoms with E-state index in [0.29, 0.717) is 27.6 Å². The Balaban J connectivity index is 1.96. The number of nitrogens with zero attached hydrogens (tertiary/aromatic N) is 1. The van der Waals surface area contributed by atoms with Gasteiger partial charge in [-0.25, -0.2) is 0 Å². The molecule has 3 rings (SSSR count). The van der Waals surface area contributed by atoms with E-state index in [-0.39, 0.29) is 16.8 Å². The summed E-state index contributed by atoms with van der Waals surface area (Å²) in [5, 5.41) is 11.8. The zero-order valence-electron chi connectivity index (χ0n) is 13.1. The van der Waals surface area contributed by atoms with Crippen molar-refractivity contribution in [1.82, 2.24) is 0 Å². The molecule has 122 valence electrons. The van der Waals surface area contributed by atoms with Gasteiger partial charge in [0.2, 0.25) is 0 Å². The number of carbonyl (C=O) groups is 1. The third kappa shape index (κ3) is 3.40. The summed E-state index contributed by atoms with van der Waals surface area (Å²) in [6.45, 7) is 0. The highest BCUT2D eigenvalue weighted by molar-refractivity contribution is 8.14. The molecule has 0 bridgehead atoms. The predicted octanol–water partition coefficient (Wildman–Crippen LogP) is 5.08. The van der Waals surface area contributed by atoms with Gasteiger partial charge in [0.1, 0.15) is 10.8 Å². The fourth-order valence-corrected chi connectivity index (χ4v) is 3.98. The normalized spacial score (nSPS) is 21.8. The second-order valence-electron chi connectivity index (χ2n) is 5.40. The molecule has 0 aliphatic carbocycles. The summed E-state index contributed by atoms with van der Waals surface area (Å²) in [7, 11) is 1.64. The van der Waals surface area contributed by atoms with E-state index in [9.17, 15) is 9.90 Å². The Bertz CT molecular complexity index is 813. The Morgan fingerprint density at radius 1 is 1.17 bits per heavy atom. The molecule has 1 fully saturated rings. The second kappa shape index (κ2) is 7.24. The Hall–Kier alpha value is -2.04. The Kier molecular flexibility index (Phi) is 5.07. The van der Waals surface area contributed by atoms with Crippen molar-refractivity contribution in [2.24, 2.45) is 4.99 Å². The zero-order chi connectivity index (χ0) is 17.1. The van der Waals surface area contributed by atoms with Crippen molar-refractivity contribution in [1.29, 1.82) is 0 Å². The van der Waals surface area contributed by atoms with Crippen LogP contribution < -0.4 is 0 Å². The van der Waals surface area contributed by atoms with Crippen LogP contribution in [0.3, 0.4) is 0 Å². The SMILES string of the molecule is CN=C1SC(c2ccc(Cl)cc2)CC(=O)C1=C(O)c1ccccc1. The van der Waals surface area contributed by atoms with E-state index in [2.05, 4.69) is 4.99 Å². The minimum atomic E-state index is -0.101. The summed E-state index contributed by atoms with van der Waals surface area (Å²) >= 11 is 7.42. The number of aliphatic imine (C=N–C) groups is 1. The number of hydrogen-bond acceptors (Lipinski definition) is 4. The molecule has 0 spiro atoms. The molecule has 1 aliphatic rings. The number of Topliss-reactive ketones (excluding diaryl/α,β-unsaturated/α-hetero) is 1. The van der Waals surface area contributed by atoms with E-state index in [1.54, 1.807) is 19.2 Å². The van der Waals surface area contributed by atoms with Gasteiger partial charge in [0.05, 0.1) is 5.57 Å². The monoisotopic (exact) mass is 357 g/mol. The summed E-state index contributed by atoms with van der Waals surface area (Å²) in [4.78, 5) is 16.9. The lowest BCUT2D eigenvalue weighted by molar-refractivity contribution is -0.115. The Morgan fingerprint density at radius 2 is 1.83 bits per heavy atom. The molecule has 24 heavy (non-hydrogen) atoms. The lowest BCUT2D eigenvalue weighted by Crippen LogP contribution is -2.22. The fraction of sp³-hybridized carbons (Fsp3) is 0.158. The summed E-state index contributed by atoms with van der Waals surface area (Å²) < 4.78 is 0. The molecule has 5 heteroatoms. The maximum absolute atomic E-state index is 12.7. The van der Waals surface area contributed by atoms with Crippen LogP contribution >= 0.6 is 23.4 Å². The van der Waals surface area contributed by atoms with Gasteiger partial charge >= 0.3 is 0 Å². The van der Waals surface area contributed by atoms with E-state index < -0.39 is 0 Å². The molecule has 2 aromatic carbocycles. The van der Waals surface area contributed by atoms with Gasteiger partial charge < -0.3 is 5.11 Å². The number of hydrogen-bond donors (Lipinski definition) is 1. The standard InChI is InChI=1S/C19H16ClNO2S/c1-21-19-17(18(23)13-5-3-2-4-6-13)15(22)11-16(24-19)12-7-9-14(20)10-8-12/h2-10,16,23H,11H2,1H3. The first-order chi connectivity index (χ1) is 11.6. The number of benzene rings is 2. The van der Waals surface area contributed by atoms with Gasteiger partial charge in [-0.1, -0.05) is 65.8 Å². The number of thioether (sulfide) groups is 1. The number of halogens is 1. The second-order valence-corrected chi connectivity index (χ2v) is 7.03. The molecule has 1 atom stereocenters. The van der Waals surface area contributed by atoms with Gasteiger partial charge in [-0.3, -0.25) is 9.79 Å². The average Bonchev–Trinajstić information content (AvgIpc) is 2.61. The van der Waals surface area contributed by atoms with Gasteiger partial charge in [-0.15, -0.1) is 0 Å². The highest BCUT2D eigenvalue weighted by atomic mass is 35.5. The molecule has 1 aliphatic heterocycles. The lowest BCUT2D eigenvalue weighted by atomic mass is 9.99. The topological polar surface area (TPSA) is 49.7 Å². The van der Waals surface area contributed by atoms with Crippen molar-refractivity contribution in [3.63, 3.8) is 0 Å². The van der Waals surface area contributed by atoms with Gasteiger partial charge in [0, 0.05) is 29.3 Å². The zero-order valence-corrected chi connectivity index (χ0v) is 14.6. The maximum atomic E-state index is 12.7. The smallest absolute Gasteiger partial charge is 0.170 e. The third-order valence-electron chi connectivity index (χ3n) is 3.85. The first-order valence-corrected chi connectivity index (χ1v) is 8.77. The van der Waals surface area contributed by atoms with E-state index in [1.165, 1.54) is 11.8 Å². The van der Waals surface area contributed by atoms with Crippen LogP contribution in [0.1, 0.15) is 22.8 Å². The van der Waals surface area contributed by atoms with Crippen molar-refractivity contribution in [2.45, 2.75) is 11.7 Å². The van der Waals surface area contributed by atoms with E-state index in [0.717, 1.165) is 5.56 Å². The molecule has 1 heterocycles. The van der Waals surface area contributed by atoms with Crippen LogP contribution in [-0.4, -0.2) is 23.0 Å². The average molecular weight is 358 g/mol. The summed E-state index contributed by atoms with van der Waals surface area (Å²) in [5.41, 5.74) is 1.95. The molecule has 0 amide bonds. The quantitative estimate of drug-likeness (QED) is 0.602. The molecule has 1 unspecified atom stereocenters. The van der Waals surface area contributed by atoms with E-state index >= 15 is 0 Å². The van der Waals surface area contributed by atoms with Crippen molar-refractivity contribution < 1.29 is 9.90 Å². The van der Waals surface area contributed by atoms with Crippen LogP contribution in [0.2, 0.25) is 5.02 Å². The van der Waals surface area contributed by atoms with Crippen LogP contribution in [0.4, 0.5) is 0 Å². The van der Waals surface area contributed by atoms with Gasteiger partial charge in [-0.05, 0) is 17.7 Å². The molecular formula is C19H16ClNO2S. The van der Waals surface area contributed by atoms with Crippen LogP contribution in [0, 0.1) is 0 Å². The van der Waals surface area contributed by atoms with E-state index in [1.807, 2.05) is 42.5 Å². The van der Waals surface area contributed by atoms with Crippen molar-refractivity contribution in [2.75, 3.05) is 7.05 Å². The van der Waals surface area contributed by atoms with Gasteiger partial charge in [0.25, 0.3) is 0 Å². The third-order valence-corrected chi connectivity index (χ3v) is 5.43. The van der Waals surface area contributed by atoms with Crippen molar-refractivity contribution in [3.05, 3.63) is 76.3 Å². The summed E-state index contributed by atoms with van der Waals surface area (Å²) in [6, 6.07) is 16.5. The maximum Gasteiger partial charge on any atom is 0.170 e. The van der Waals surface area contributed by atoms with Crippen LogP contribution in [0.25, 0.3) is 5.76 Å². The van der Waals surface area contributed by atoms with Crippen LogP contribution in [0.5, 0.6) is 0 Å². The molecule has 3 nitrogen and oxygen atoms in total. The molecule has 2 aromatic rings. The number of aliphatic hydroxyl groups excluding tert-OH is 1. The number of carbonyl (C=O) groups excluding carboxylic acids is 1. The molecule has 1 N–H and O–H groups in total. The van der Waals surface area contributed by atoms with Crippen molar-refractivity contribution in [3.8, 4) is 0 Å². The van der Waals surface area contributed by atoms with Crippen LogP contribution in [-0.2, 0) is 4.79 Å². The molecule has 1 saturated heterocycles. The molecule has 0 saturated carbocycles. The molecule has 0 aromatic heterocycles. The largest absolute Gasteiger partial charge is 0.506 e. The number of rotatable bonds is 2. The number of aliphatic hydroxyl groups is 1. The van der Waals surface area contributed by atoms with Crippen LogP contribution in [0.15, 0.2) is 65.2 Å². The fourth-order valence-electron chi connectivity index (χ4n) is 2.63. The minimum absolute atomic E-state index is 0.0109.